The van der Waals surface area contributed by atoms with Gasteiger partial charge in [0.25, 0.3) is 11.8 Å². The average molecular weight is 597 g/mol. The second-order valence-electron chi connectivity index (χ2n) is 8.95. The van der Waals surface area contributed by atoms with E-state index in [4.69, 9.17) is 11.6 Å². The molecule has 2 aliphatic rings. The van der Waals surface area contributed by atoms with Gasteiger partial charge in [0.2, 0.25) is 0 Å². The number of piperazine rings is 1. The van der Waals surface area contributed by atoms with Crippen molar-refractivity contribution in [3.05, 3.63) is 80.9 Å². The molecule has 2 aromatic carbocycles. The largest absolute Gasteiger partial charge is 0.410 e. The van der Waals surface area contributed by atoms with Gasteiger partial charge in [-0.1, -0.05) is 57.9 Å². The van der Waals surface area contributed by atoms with Gasteiger partial charge in [-0.3, -0.25) is 9.59 Å². The van der Waals surface area contributed by atoms with Crippen LogP contribution in [0.25, 0.3) is 0 Å². The Morgan fingerprint density at radius 1 is 0.946 bits per heavy atom. The Hall–Kier alpha value is -3.05. The lowest BCUT2D eigenvalue weighted by atomic mass is 9.97. The molecule has 0 unspecified atom stereocenters. The Morgan fingerprint density at radius 2 is 1.54 bits per heavy atom. The molecule has 0 bridgehead atoms. The van der Waals surface area contributed by atoms with Crippen LogP contribution in [0.4, 0.5) is 19.0 Å². The molecule has 1 aromatic heterocycles. The van der Waals surface area contributed by atoms with Gasteiger partial charge in [0.1, 0.15) is 10.8 Å². The van der Waals surface area contributed by atoms with Crippen LogP contribution >= 0.6 is 27.5 Å². The average Bonchev–Trinajstić information content (AvgIpc) is 3.24. The lowest BCUT2D eigenvalue weighted by Crippen LogP contribution is -2.50. The highest BCUT2D eigenvalue weighted by Crippen LogP contribution is 2.46. The van der Waals surface area contributed by atoms with E-state index in [1.165, 1.54) is 4.90 Å². The molecule has 1 fully saturated rings. The van der Waals surface area contributed by atoms with Gasteiger partial charge in [-0.2, -0.15) is 18.3 Å². The molecule has 1 saturated heterocycles. The molecule has 0 saturated carbocycles. The van der Waals surface area contributed by atoms with Crippen molar-refractivity contribution >= 4 is 45.2 Å². The van der Waals surface area contributed by atoms with E-state index in [9.17, 15) is 22.8 Å². The van der Waals surface area contributed by atoms with Crippen LogP contribution in [0.5, 0.6) is 0 Å². The molecule has 2 aliphatic heterocycles. The van der Waals surface area contributed by atoms with E-state index in [-0.39, 0.29) is 42.0 Å². The summed E-state index contributed by atoms with van der Waals surface area (Å²) in [5.41, 5.74) is 0.974. The zero-order valence-electron chi connectivity index (χ0n) is 19.4. The maximum absolute atomic E-state index is 14.1. The number of alkyl halides is 3. The first kappa shape index (κ1) is 25.6. The Labute approximate surface area is 224 Å². The van der Waals surface area contributed by atoms with Crippen LogP contribution in [-0.2, 0) is 0 Å². The summed E-state index contributed by atoms with van der Waals surface area (Å²) >= 11 is 9.81. The number of rotatable bonds is 3. The number of halogens is 5. The Kier molecular flexibility index (Phi) is 6.93. The third-order valence-corrected chi connectivity index (χ3v) is 7.53. The van der Waals surface area contributed by atoms with E-state index in [1.807, 2.05) is 6.07 Å². The molecule has 194 valence electrons. The fourth-order valence-corrected chi connectivity index (χ4v) is 5.19. The predicted octanol–water partition coefficient (Wildman–Crippen LogP) is 5.56. The maximum Gasteiger partial charge on any atom is 0.410 e. The Morgan fingerprint density at radius 3 is 2.14 bits per heavy atom. The first-order valence-corrected chi connectivity index (χ1v) is 12.8. The minimum Gasteiger partial charge on any atom is -0.362 e. The van der Waals surface area contributed by atoms with Gasteiger partial charge in [-0.15, -0.1) is 0 Å². The van der Waals surface area contributed by atoms with Gasteiger partial charge in [0.05, 0.1) is 6.04 Å². The van der Waals surface area contributed by atoms with Gasteiger partial charge in [-0.05, 0) is 29.8 Å². The second-order valence-corrected chi connectivity index (χ2v) is 10.2. The van der Waals surface area contributed by atoms with E-state index in [2.05, 4.69) is 26.3 Å². The van der Waals surface area contributed by atoms with Gasteiger partial charge >= 0.3 is 6.18 Å². The van der Waals surface area contributed by atoms with Crippen molar-refractivity contribution in [1.29, 1.82) is 0 Å². The normalized spacial score (nSPS) is 19.8. The highest BCUT2D eigenvalue weighted by Gasteiger charge is 2.48. The number of carbonyl (C=O) groups excluding carboxylic acids is 2. The van der Waals surface area contributed by atoms with Crippen LogP contribution in [0.3, 0.4) is 0 Å². The van der Waals surface area contributed by atoms with Crippen molar-refractivity contribution in [3.8, 4) is 0 Å². The van der Waals surface area contributed by atoms with Crippen LogP contribution in [0.15, 0.2) is 59.1 Å². The lowest BCUT2D eigenvalue weighted by molar-refractivity contribution is -0.173. The molecular weight excluding hydrogens is 575 g/mol. The van der Waals surface area contributed by atoms with E-state index in [1.54, 1.807) is 53.4 Å². The standard InChI is InChI=1S/C25H22BrClF3N5O2/c26-17-8-6-15(7-9-17)18-14-19(25(28,29)30)35-22(31-18)20(27)21(32-35)24(37)34-12-10-33(11-13-34)23(36)16-4-2-1-3-5-16/h1-9,18-19,31H,10-14H2/t18-,19+/m1/s1. The van der Waals surface area contributed by atoms with Gasteiger partial charge in [0, 0.05) is 42.6 Å². The summed E-state index contributed by atoms with van der Waals surface area (Å²) in [6, 6.07) is 13.2. The van der Waals surface area contributed by atoms with Crippen LogP contribution < -0.4 is 5.32 Å². The van der Waals surface area contributed by atoms with Gasteiger partial charge in [0.15, 0.2) is 11.7 Å². The molecule has 1 N–H and O–H groups in total. The Balaban J connectivity index is 1.36. The minimum atomic E-state index is -4.59. The van der Waals surface area contributed by atoms with Crippen LogP contribution in [0.2, 0.25) is 5.02 Å². The molecule has 7 nitrogen and oxygen atoms in total. The monoisotopic (exact) mass is 595 g/mol. The zero-order chi connectivity index (χ0) is 26.3. The van der Waals surface area contributed by atoms with Crippen molar-refractivity contribution < 1.29 is 22.8 Å². The number of hydrogen-bond donors (Lipinski definition) is 1. The number of fused-ring (bicyclic) bond motifs is 1. The summed E-state index contributed by atoms with van der Waals surface area (Å²) in [5.74, 6) is -0.745. The first-order valence-electron chi connectivity index (χ1n) is 11.6. The van der Waals surface area contributed by atoms with Crippen LogP contribution in [0, 0.1) is 0 Å². The molecule has 5 rings (SSSR count). The summed E-state index contributed by atoms with van der Waals surface area (Å²) < 4.78 is 43.8. The van der Waals surface area contributed by atoms with E-state index in [0.717, 1.165) is 9.15 Å². The molecule has 3 heterocycles. The summed E-state index contributed by atoms with van der Waals surface area (Å²) in [6.45, 7) is 1.01. The number of anilines is 1. The third-order valence-electron chi connectivity index (χ3n) is 6.65. The smallest absolute Gasteiger partial charge is 0.362 e. The van der Waals surface area contributed by atoms with Crippen molar-refractivity contribution in [3.63, 3.8) is 0 Å². The van der Waals surface area contributed by atoms with Gasteiger partial charge in [-0.25, -0.2) is 4.68 Å². The van der Waals surface area contributed by atoms with Crippen molar-refractivity contribution in [2.24, 2.45) is 0 Å². The number of amides is 2. The fourth-order valence-electron chi connectivity index (χ4n) is 4.67. The highest BCUT2D eigenvalue weighted by atomic mass is 79.9. The number of benzene rings is 2. The Bertz CT molecular complexity index is 1310. The summed E-state index contributed by atoms with van der Waals surface area (Å²) in [6.07, 6.45) is -4.90. The second kappa shape index (κ2) is 10.0. The highest BCUT2D eigenvalue weighted by molar-refractivity contribution is 9.10. The molecule has 0 aliphatic carbocycles. The SMILES string of the molecule is O=C(c1ccccc1)N1CCN(C(=O)c2nn3c(c2Cl)N[C@@H](c2ccc(Br)cc2)C[C@H]3C(F)(F)F)CC1. The fraction of sp³-hybridized carbons (Fsp3) is 0.320. The molecule has 0 spiro atoms. The van der Waals surface area contributed by atoms with E-state index < -0.39 is 24.2 Å². The van der Waals surface area contributed by atoms with Gasteiger partial charge < -0.3 is 15.1 Å². The topological polar surface area (TPSA) is 70.5 Å². The predicted molar refractivity (Wildman–Crippen MR) is 136 cm³/mol. The molecule has 2 amide bonds. The first-order chi connectivity index (χ1) is 17.6. The molecular formula is C25H22BrClF3N5O2. The number of nitrogens with one attached hydrogen (secondary N) is 1. The lowest BCUT2D eigenvalue weighted by Gasteiger charge is -2.34. The molecule has 2 atom stereocenters. The van der Waals surface area contributed by atoms with Crippen molar-refractivity contribution in [1.82, 2.24) is 19.6 Å². The van der Waals surface area contributed by atoms with E-state index in [0.29, 0.717) is 24.2 Å². The number of aromatic nitrogens is 2. The molecule has 12 heteroatoms. The van der Waals surface area contributed by atoms with E-state index >= 15 is 0 Å². The van der Waals surface area contributed by atoms with Crippen molar-refractivity contribution in [2.75, 3.05) is 31.5 Å². The number of nitrogens with zero attached hydrogens (tertiary/aromatic N) is 4. The molecule has 3 aromatic rings. The van der Waals surface area contributed by atoms with Crippen LogP contribution in [-0.4, -0.2) is 63.7 Å². The summed E-state index contributed by atoms with van der Waals surface area (Å²) in [4.78, 5) is 29.1. The maximum atomic E-state index is 14.1. The van der Waals surface area contributed by atoms with Crippen molar-refractivity contribution in [2.45, 2.75) is 24.7 Å². The minimum absolute atomic E-state index is 0.0376. The number of hydrogen-bond acceptors (Lipinski definition) is 4. The quantitative estimate of drug-likeness (QED) is 0.430. The molecule has 37 heavy (non-hydrogen) atoms. The summed E-state index contributed by atoms with van der Waals surface area (Å²) in [5, 5.41) is 6.94. The number of carbonyl (C=O) groups is 2. The summed E-state index contributed by atoms with van der Waals surface area (Å²) in [7, 11) is 0. The zero-order valence-corrected chi connectivity index (χ0v) is 21.7. The third kappa shape index (κ3) is 5.06. The van der Waals surface area contributed by atoms with Crippen LogP contribution in [0.1, 0.15) is 44.9 Å². The molecule has 0 radical (unpaired) electrons.